The van der Waals surface area contributed by atoms with Crippen molar-refractivity contribution in [2.45, 2.75) is 44.0 Å². The number of thioether (sulfide) groups is 1. The van der Waals surface area contributed by atoms with Crippen LogP contribution in [0.5, 0.6) is 0 Å². The largest absolute Gasteiger partial charge is 0.365 e. The highest BCUT2D eigenvalue weighted by Crippen LogP contribution is 2.34. The Hall–Kier alpha value is -0.810. The summed E-state index contributed by atoms with van der Waals surface area (Å²) < 4.78 is 28.8. The summed E-state index contributed by atoms with van der Waals surface area (Å²) in [5, 5.41) is 3.29. The molecule has 1 aliphatic heterocycles. The Balaban J connectivity index is 1.78. The standard InChI is InChI=1S/C16H22F2N2S/c1-16(2)10-20(5-6-21-16)15-13(17)7-11(8-14(15)18)9-19-12-3-4-12/h7-8,12,19H,3-6,9-10H2,1-2H3. The molecular formula is C16H22F2N2S. The molecule has 0 radical (unpaired) electrons. The first-order valence-electron chi connectivity index (χ1n) is 7.55. The second kappa shape index (κ2) is 5.76. The molecule has 0 unspecified atom stereocenters. The molecule has 0 bridgehead atoms. The highest BCUT2D eigenvalue weighted by atomic mass is 32.2. The Kier molecular flexibility index (Phi) is 4.14. The monoisotopic (exact) mass is 312 g/mol. The van der Waals surface area contributed by atoms with Gasteiger partial charge in [0.2, 0.25) is 0 Å². The van der Waals surface area contributed by atoms with Crippen molar-refractivity contribution in [1.82, 2.24) is 5.32 Å². The molecule has 21 heavy (non-hydrogen) atoms. The lowest BCUT2D eigenvalue weighted by Crippen LogP contribution is -2.44. The third-order valence-corrected chi connectivity index (χ3v) is 5.29. The van der Waals surface area contributed by atoms with Crippen molar-refractivity contribution in [2.75, 3.05) is 23.7 Å². The molecule has 1 N–H and O–H groups in total. The van der Waals surface area contributed by atoms with E-state index in [1.165, 1.54) is 25.0 Å². The maximum Gasteiger partial charge on any atom is 0.149 e. The van der Waals surface area contributed by atoms with E-state index < -0.39 is 11.6 Å². The maximum atomic E-state index is 14.4. The first-order valence-corrected chi connectivity index (χ1v) is 8.53. The zero-order chi connectivity index (χ0) is 15.0. The molecule has 116 valence electrons. The number of anilines is 1. The topological polar surface area (TPSA) is 15.3 Å². The molecule has 0 spiro atoms. The van der Waals surface area contributed by atoms with Crippen molar-refractivity contribution in [1.29, 1.82) is 0 Å². The van der Waals surface area contributed by atoms with E-state index in [1.54, 1.807) is 0 Å². The second-order valence-corrected chi connectivity index (χ2v) is 8.40. The van der Waals surface area contributed by atoms with Gasteiger partial charge in [-0.3, -0.25) is 0 Å². The minimum absolute atomic E-state index is 0.0311. The van der Waals surface area contributed by atoms with Crippen molar-refractivity contribution in [3.05, 3.63) is 29.3 Å². The van der Waals surface area contributed by atoms with E-state index in [1.807, 2.05) is 16.7 Å². The van der Waals surface area contributed by atoms with E-state index in [4.69, 9.17) is 0 Å². The van der Waals surface area contributed by atoms with E-state index in [0.717, 1.165) is 5.75 Å². The van der Waals surface area contributed by atoms with Crippen LogP contribution in [0.4, 0.5) is 14.5 Å². The molecule has 1 aromatic carbocycles. The van der Waals surface area contributed by atoms with Crippen LogP contribution in [0.15, 0.2) is 12.1 Å². The Morgan fingerprint density at radius 1 is 1.29 bits per heavy atom. The molecule has 0 aromatic heterocycles. The van der Waals surface area contributed by atoms with Crippen LogP contribution in [0, 0.1) is 11.6 Å². The van der Waals surface area contributed by atoms with Gasteiger partial charge in [-0.2, -0.15) is 11.8 Å². The summed E-state index contributed by atoms with van der Waals surface area (Å²) in [5.41, 5.74) is 0.824. The maximum absolute atomic E-state index is 14.4. The average Bonchev–Trinajstić information content (AvgIpc) is 3.18. The predicted molar refractivity (Wildman–Crippen MR) is 85.0 cm³/mol. The lowest BCUT2D eigenvalue weighted by atomic mass is 10.1. The summed E-state index contributed by atoms with van der Waals surface area (Å²) in [6, 6.07) is 3.49. The normalized spacial score (nSPS) is 21.6. The second-order valence-electron chi connectivity index (χ2n) is 6.59. The van der Waals surface area contributed by atoms with Crippen molar-refractivity contribution < 1.29 is 8.78 Å². The summed E-state index contributed by atoms with van der Waals surface area (Å²) in [4.78, 5) is 1.85. The summed E-state index contributed by atoms with van der Waals surface area (Å²) in [6.45, 7) is 6.15. The zero-order valence-electron chi connectivity index (χ0n) is 12.6. The van der Waals surface area contributed by atoms with Crippen LogP contribution in [0.25, 0.3) is 0 Å². The molecule has 0 atom stereocenters. The molecule has 1 saturated heterocycles. The van der Waals surface area contributed by atoms with Crippen molar-refractivity contribution in [2.24, 2.45) is 0 Å². The SMILES string of the molecule is CC1(C)CN(c2c(F)cc(CNC3CC3)cc2F)CCS1. The molecule has 2 aliphatic rings. The van der Waals surface area contributed by atoms with E-state index in [0.29, 0.717) is 31.2 Å². The van der Waals surface area contributed by atoms with Gasteiger partial charge in [-0.05, 0) is 44.4 Å². The quantitative estimate of drug-likeness (QED) is 0.915. The zero-order valence-corrected chi connectivity index (χ0v) is 13.4. The van der Waals surface area contributed by atoms with Crippen LogP contribution in [-0.2, 0) is 6.54 Å². The van der Waals surface area contributed by atoms with Gasteiger partial charge in [-0.25, -0.2) is 8.78 Å². The van der Waals surface area contributed by atoms with Gasteiger partial charge in [-0.15, -0.1) is 0 Å². The smallest absolute Gasteiger partial charge is 0.149 e. The number of hydrogen-bond donors (Lipinski definition) is 1. The van der Waals surface area contributed by atoms with Gasteiger partial charge in [-0.1, -0.05) is 0 Å². The molecule has 1 aliphatic carbocycles. The van der Waals surface area contributed by atoms with Crippen LogP contribution in [-0.4, -0.2) is 29.6 Å². The molecule has 2 nitrogen and oxygen atoms in total. The molecular weight excluding hydrogens is 290 g/mol. The number of rotatable bonds is 4. The molecule has 3 rings (SSSR count). The minimum Gasteiger partial charge on any atom is -0.365 e. The number of nitrogens with one attached hydrogen (secondary N) is 1. The fourth-order valence-electron chi connectivity index (χ4n) is 2.78. The first-order chi connectivity index (χ1) is 9.94. The van der Waals surface area contributed by atoms with Gasteiger partial charge in [0.1, 0.15) is 17.3 Å². The molecule has 0 amide bonds. The molecule has 1 saturated carbocycles. The summed E-state index contributed by atoms with van der Waals surface area (Å²) in [5.74, 6) is 0.0206. The van der Waals surface area contributed by atoms with Gasteiger partial charge in [0, 0.05) is 36.2 Å². The van der Waals surface area contributed by atoms with Crippen LogP contribution in [0.3, 0.4) is 0 Å². The number of hydrogen-bond acceptors (Lipinski definition) is 3. The third kappa shape index (κ3) is 3.69. The van der Waals surface area contributed by atoms with Gasteiger partial charge in [0.15, 0.2) is 0 Å². The minimum atomic E-state index is -0.440. The van der Waals surface area contributed by atoms with E-state index in [2.05, 4.69) is 19.2 Å². The lowest BCUT2D eigenvalue weighted by molar-refractivity contribution is 0.551. The van der Waals surface area contributed by atoms with Crippen LogP contribution in [0.2, 0.25) is 0 Å². The molecule has 1 aromatic rings. The summed E-state index contributed by atoms with van der Waals surface area (Å²) in [6.07, 6.45) is 2.34. The van der Waals surface area contributed by atoms with Crippen LogP contribution >= 0.6 is 11.8 Å². The fourth-order valence-corrected chi connectivity index (χ4v) is 3.89. The van der Waals surface area contributed by atoms with Gasteiger partial charge < -0.3 is 10.2 Å². The van der Waals surface area contributed by atoms with Crippen molar-refractivity contribution >= 4 is 17.4 Å². The van der Waals surface area contributed by atoms with E-state index in [-0.39, 0.29) is 10.4 Å². The Morgan fingerprint density at radius 3 is 2.52 bits per heavy atom. The van der Waals surface area contributed by atoms with Crippen molar-refractivity contribution in [3.8, 4) is 0 Å². The van der Waals surface area contributed by atoms with Crippen molar-refractivity contribution in [3.63, 3.8) is 0 Å². The van der Waals surface area contributed by atoms with Crippen LogP contribution in [0.1, 0.15) is 32.3 Å². The van der Waals surface area contributed by atoms with E-state index >= 15 is 0 Å². The average molecular weight is 312 g/mol. The summed E-state index contributed by atoms with van der Waals surface area (Å²) in [7, 11) is 0. The lowest BCUT2D eigenvalue weighted by Gasteiger charge is -2.39. The molecule has 1 heterocycles. The number of nitrogens with zero attached hydrogens (tertiary/aromatic N) is 1. The highest BCUT2D eigenvalue weighted by Gasteiger charge is 2.30. The van der Waals surface area contributed by atoms with E-state index in [9.17, 15) is 8.78 Å². The third-order valence-electron chi connectivity index (χ3n) is 3.99. The Morgan fingerprint density at radius 2 is 1.95 bits per heavy atom. The van der Waals surface area contributed by atoms with Gasteiger partial charge in [0.25, 0.3) is 0 Å². The fraction of sp³-hybridized carbons (Fsp3) is 0.625. The van der Waals surface area contributed by atoms with Gasteiger partial charge in [0.05, 0.1) is 0 Å². The first kappa shape index (κ1) is 15.1. The van der Waals surface area contributed by atoms with Gasteiger partial charge >= 0.3 is 0 Å². The molecule has 2 fully saturated rings. The Labute approximate surface area is 129 Å². The number of benzene rings is 1. The predicted octanol–water partition coefficient (Wildman–Crippen LogP) is 3.55. The number of halogens is 2. The molecule has 5 heteroatoms. The highest BCUT2D eigenvalue weighted by molar-refractivity contribution is 8.00. The van der Waals surface area contributed by atoms with Crippen LogP contribution < -0.4 is 10.2 Å². The summed E-state index contributed by atoms with van der Waals surface area (Å²) >= 11 is 1.86. The Bertz CT molecular complexity index is 506.